The summed E-state index contributed by atoms with van der Waals surface area (Å²) in [6, 6.07) is 0. The molecule has 0 radical (unpaired) electrons. The molecule has 0 amide bonds. The first-order chi connectivity index (χ1) is 2.00. The van der Waals surface area contributed by atoms with Crippen LogP contribution in [-0.2, 0) is 4.57 Å². The molecule has 0 fully saturated rings. The fourth-order valence-electron chi connectivity index (χ4n) is 0. The number of hydrogen-bond acceptors (Lipinski definition) is 1. The van der Waals surface area contributed by atoms with Crippen LogP contribution < -0.4 is 103 Å². The maximum absolute atomic E-state index is 8.88. The van der Waals surface area contributed by atoms with Crippen LogP contribution in [0.15, 0.2) is 0 Å². The Labute approximate surface area is 151 Å². The predicted molar refractivity (Wildman–Crippen MR) is 30.9 cm³/mol. The molecule has 0 aromatic rings. The summed E-state index contributed by atoms with van der Waals surface area (Å²) < 4.78 is 8.88. The average molecular weight is 250 g/mol. The van der Waals surface area contributed by atoms with Crippen molar-refractivity contribution in [2.24, 2.45) is 0 Å². The molecule has 0 atom stereocenters. The molecular weight excluding hydrogens is 237 g/mol. The molecule has 0 aromatic carbocycles. The van der Waals surface area contributed by atoms with Crippen LogP contribution in [0.1, 0.15) is 2.85 Å². The van der Waals surface area contributed by atoms with Crippen molar-refractivity contribution >= 4 is 7.82 Å². The van der Waals surface area contributed by atoms with Crippen molar-refractivity contribution in [3.8, 4) is 0 Å². The second-order valence-corrected chi connectivity index (χ2v) is 1.54. The zero-order valence-electron chi connectivity index (χ0n) is 8.20. The summed E-state index contributed by atoms with van der Waals surface area (Å²) in [5.41, 5.74) is 0. The van der Waals surface area contributed by atoms with Crippen molar-refractivity contribution in [1.82, 2.24) is 0 Å². The molecule has 0 aliphatic rings. The SMILES string of the molecule is O.O.O.O.O=P(O)(O)O.[H-].[H-].[K+].[K+]. The minimum absolute atomic E-state index is 0. The van der Waals surface area contributed by atoms with E-state index in [2.05, 4.69) is 0 Å². The summed E-state index contributed by atoms with van der Waals surface area (Å²) in [6.45, 7) is 0. The minimum atomic E-state index is -4.64. The molecule has 11 N–H and O–H groups in total. The summed E-state index contributed by atoms with van der Waals surface area (Å²) in [5, 5.41) is 0. The first-order valence-corrected chi connectivity index (χ1v) is 2.35. The van der Waals surface area contributed by atoms with Crippen molar-refractivity contribution in [3.63, 3.8) is 0 Å². The summed E-state index contributed by atoms with van der Waals surface area (Å²) in [5.74, 6) is 0. The van der Waals surface area contributed by atoms with Crippen LogP contribution in [0.3, 0.4) is 0 Å². The second kappa shape index (κ2) is 23.2. The van der Waals surface area contributed by atoms with E-state index in [4.69, 9.17) is 19.2 Å². The molecule has 0 spiro atoms. The van der Waals surface area contributed by atoms with Gasteiger partial charge in [-0.15, -0.1) is 0 Å². The maximum atomic E-state index is 8.88. The van der Waals surface area contributed by atoms with Gasteiger partial charge in [-0.1, -0.05) is 0 Å². The predicted octanol–water partition coefficient (Wildman–Crippen LogP) is -9.99. The van der Waals surface area contributed by atoms with E-state index in [9.17, 15) is 0 Å². The van der Waals surface area contributed by atoms with E-state index in [-0.39, 0.29) is 128 Å². The summed E-state index contributed by atoms with van der Waals surface area (Å²) >= 11 is 0. The first kappa shape index (κ1) is 47.7. The van der Waals surface area contributed by atoms with Gasteiger partial charge in [0.05, 0.1) is 0 Å². The molecule has 0 saturated carbocycles. The van der Waals surface area contributed by atoms with E-state index in [1.165, 1.54) is 0 Å². The van der Waals surface area contributed by atoms with Crippen LogP contribution >= 0.6 is 7.82 Å². The molecule has 11 heteroatoms. The average Bonchev–Trinajstić information content (AvgIpc) is 0.722. The third kappa shape index (κ3) is 160. The molecule has 0 unspecified atom stereocenters. The molecular formula is H13K2O8P. The number of hydrogen-bond donors (Lipinski definition) is 3. The summed E-state index contributed by atoms with van der Waals surface area (Å²) in [6.07, 6.45) is 0. The fraction of sp³-hybridized carbons (Fsp3) is 0. The molecule has 0 bridgehead atoms. The molecule has 0 heterocycles. The molecule has 0 saturated heterocycles. The van der Waals surface area contributed by atoms with Gasteiger partial charge >= 0.3 is 111 Å². The fourth-order valence-corrected chi connectivity index (χ4v) is 0. The smallest absolute Gasteiger partial charge is 1.00 e. The van der Waals surface area contributed by atoms with Crippen molar-refractivity contribution in [2.75, 3.05) is 0 Å². The van der Waals surface area contributed by atoms with Crippen LogP contribution in [0, 0.1) is 0 Å². The molecule has 0 rings (SSSR count). The van der Waals surface area contributed by atoms with E-state index in [0.29, 0.717) is 0 Å². The Balaban J connectivity index is -0.00000000286. The quantitative estimate of drug-likeness (QED) is 0.282. The summed E-state index contributed by atoms with van der Waals surface area (Å²) in [7, 11) is -4.64. The number of rotatable bonds is 0. The Bertz CT molecular complexity index is 66.3. The molecule has 0 aliphatic heterocycles. The summed E-state index contributed by atoms with van der Waals surface area (Å²) in [4.78, 5) is 21.6. The van der Waals surface area contributed by atoms with Gasteiger partial charge < -0.3 is 39.4 Å². The Kier molecular flexibility index (Phi) is 101. The molecule has 0 aromatic heterocycles. The molecule has 8 nitrogen and oxygen atoms in total. The van der Waals surface area contributed by atoms with Crippen LogP contribution in [0.4, 0.5) is 0 Å². The van der Waals surface area contributed by atoms with Crippen molar-refractivity contribution in [2.45, 2.75) is 0 Å². The van der Waals surface area contributed by atoms with Gasteiger partial charge in [0.1, 0.15) is 0 Å². The van der Waals surface area contributed by atoms with Crippen molar-refractivity contribution in [1.29, 1.82) is 0 Å². The van der Waals surface area contributed by atoms with Gasteiger partial charge in [0, 0.05) is 0 Å². The van der Waals surface area contributed by atoms with Crippen LogP contribution in [0.2, 0.25) is 0 Å². The minimum Gasteiger partial charge on any atom is -1.00 e. The monoisotopic (exact) mass is 250 g/mol. The molecule has 68 valence electrons. The van der Waals surface area contributed by atoms with Gasteiger partial charge in [0.15, 0.2) is 0 Å². The van der Waals surface area contributed by atoms with Gasteiger partial charge in [0.25, 0.3) is 0 Å². The van der Waals surface area contributed by atoms with E-state index in [1.54, 1.807) is 0 Å². The largest absolute Gasteiger partial charge is 1.00 e. The Morgan fingerprint density at radius 2 is 0.818 bits per heavy atom. The maximum Gasteiger partial charge on any atom is 1.00 e. The Morgan fingerprint density at radius 3 is 0.818 bits per heavy atom. The van der Waals surface area contributed by atoms with Gasteiger partial charge in [0.2, 0.25) is 0 Å². The zero-order chi connectivity index (χ0) is 4.50. The van der Waals surface area contributed by atoms with Crippen LogP contribution in [0.25, 0.3) is 0 Å². The molecule has 11 heavy (non-hydrogen) atoms. The van der Waals surface area contributed by atoms with Crippen molar-refractivity contribution in [3.05, 3.63) is 0 Å². The van der Waals surface area contributed by atoms with Gasteiger partial charge in [-0.3, -0.25) is 0 Å². The third-order valence-corrected chi connectivity index (χ3v) is 0. The van der Waals surface area contributed by atoms with Crippen LogP contribution in [-0.4, -0.2) is 36.6 Å². The van der Waals surface area contributed by atoms with E-state index >= 15 is 0 Å². The Hall–Kier alpha value is 3.22. The van der Waals surface area contributed by atoms with Crippen LogP contribution in [0.5, 0.6) is 0 Å². The first-order valence-electron chi connectivity index (χ1n) is 0.783. The van der Waals surface area contributed by atoms with E-state index in [0.717, 1.165) is 0 Å². The second-order valence-electron chi connectivity index (χ2n) is 0.513. The topological polar surface area (TPSA) is 204 Å². The standard InChI is InChI=1S/2K.H3O4P.4H2O.2H/c;;1-5(2,3)4;;;;;;/h;;(H3,1,2,3,4);4*1H2;;/q2*+1;;;;;;2*-1. The van der Waals surface area contributed by atoms with Gasteiger partial charge in [-0.2, -0.15) is 0 Å². The van der Waals surface area contributed by atoms with E-state index < -0.39 is 7.82 Å². The Morgan fingerprint density at radius 1 is 0.818 bits per heavy atom. The normalized spacial score (nSPS) is 5.36. The molecule has 0 aliphatic carbocycles. The van der Waals surface area contributed by atoms with Gasteiger partial charge in [-0.25, -0.2) is 4.57 Å². The van der Waals surface area contributed by atoms with Crippen molar-refractivity contribution < 1.29 is 147 Å². The third-order valence-electron chi connectivity index (χ3n) is 0. The van der Waals surface area contributed by atoms with E-state index in [1.807, 2.05) is 0 Å². The number of phosphoric acid groups is 1. The zero-order valence-corrected chi connectivity index (χ0v) is 13.3. The van der Waals surface area contributed by atoms with Gasteiger partial charge in [-0.05, 0) is 0 Å².